The minimum absolute atomic E-state index is 0.630. The molecular weight excluding hydrogens is 665 g/mol. The second kappa shape index (κ2) is 11.9. The summed E-state index contributed by atoms with van der Waals surface area (Å²) in [5.74, 6) is 1.92. The first-order valence-corrected chi connectivity index (χ1v) is 18.5. The van der Waals surface area contributed by atoms with Gasteiger partial charge in [0.2, 0.25) is 0 Å². The van der Waals surface area contributed by atoms with Gasteiger partial charge in [-0.3, -0.25) is 0 Å². The average molecular weight is 693 g/mol. The number of nitrogens with zero attached hydrogens (tertiary/aromatic N) is 4. The molecule has 0 saturated carbocycles. The molecule has 11 aromatic rings. The SMILES string of the molecule is c1ccc(-c2nc(-c3ccc(-c4cccc(-c5ccc6c7ccccc7c7cccc8sc5c6c87)n4)cc3)nc(-c3ccc4ccccc4c3)n2)cc1. The van der Waals surface area contributed by atoms with Gasteiger partial charge in [-0.1, -0.05) is 146 Å². The van der Waals surface area contributed by atoms with Crippen LogP contribution in [0.25, 0.3) is 109 Å². The fourth-order valence-electron chi connectivity index (χ4n) is 7.74. The van der Waals surface area contributed by atoms with Gasteiger partial charge < -0.3 is 0 Å². The number of benzene rings is 8. The Kier molecular flexibility index (Phi) is 6.69. The van der Waals surface area contributed by atoms with Gasteiger partial charge in [-0.15, -0.1) is 11.3 Å². The number of thiophene rings is 1. The molecule has 0 fully saturated rings. The highest BCUT2D eigenvalue weighted by Gasteiger charge is 2.19. The molecule has 53 heavy (non-hydrogen) atoms. The third-order valence-electron chi connectivity index (χ3n) is 10.3. The Labute approximate surface area is 309 Å². The first-order valence-electron chi connectivity index (χ1n) is 17.7. The molecule has 4 nitrogen and oxygen atoms in total. The van der Waals surface area contributed by atoms with Crippen molar-refractivity contribution < 1.29 is 0 Å². The van der Waals surface area contributed by atoms with E-state index in [0.29, 0.717) is 17.5 Å². The van der Waals surface area contributed by atoms with Crippen LogP contribution >= 0.6 is 11.3 Å². The molecule has 3 aromatic heterocycles. The molecule has 0 unspecified atom stereocenters. The summed E-state index contributed by atoms with van der Waals surface area (Å²) in [5.41, 5.74) is 6.90. The molecule has 0 saturated heterocycles. The lowest BCUT2D eigenvalue weighted by molar-refractivity contribution is 1.07. The van der Waals surface area contributed by atoms with Gasteiger partial charge in [-0.25, -0.2) is 19.9 Å². The summed E-state index contributed by atoms with van der Waals surface area (Å²) in [5, 5.41) is 10.2. The van der Waals surface area contributed by atoms with Crippen LogP contribution in [0.5, 0.6) is 0 Å². The van der Waals surface area contributed by atoms with Crippen molar-refractivity contribution in [1.29, 1.82) is 0 Å². The molecule has 0 atom stereocenters. The van der Waals surface area contributed by atoms with E-state index in [9.17, 15) is 0 Å². The van der Waals surface area contributed by atoms with E-state index in [4.69, 9.17) is 19.9 Å². The smallest absolute Gasteiger partial charge is 0.164 e. The standard InChI is InChI=1S/C48H28N4S/c1-2-11-31(12-3-1)46-50-47(52-48(51-46)34-25-20-29-10-4-5-13-33(29)28-34)32-23-21-30(22-24-32)40-17-9-18-41(49-40)39-27-26-38-36-15-7-6-14-35(36)37-16-8-19-42-43(37)44(38)45(39)53-42/h1-28H. The Morgan fingerprint density at radius 2 is 0.925 bits per heavy atom. The Balaban J connectivity index is 0.992. The third-order valence-corrected chi connectivity index (χ3v) is 11.5. The van der Waals surface area contributed by atoms with Crippen molar-refractivity contribution in [1.82, 2.24) is 19.9 Å². The summed E-state index contributed by atoms with van der Waals surface area (Å²) in [6.45, 7) is 0. The molecular formula is C48H28N4S. The summed E-state index contributed by atoms with van der Waals surface area (Å²) >= 11 is 1.86. The lowest BCUT2D eigenvalue weighted by Crippen LogP contribution is -2.00. The van der Waals surface area contributed by atoms with Crippen molar-refractivity contribution in [3.05, 3.63) is 170 Å². The fourth-order valence-corrected chi connectivity index (χ4v) is 9.02. The maximum atomic E-state index is 5.25. The molecule has 0 aliphatic rings. The normalized spacial score (nSPS) is 11.8. The molecule has 246 valence electrons. The van der Waals surface area contributed by atoms with E-state index in [1.165, 1.54) is 47.1 Å². The predicted molar refractivity (Wildman–Crippen MR) is 221 cm³/mol. The summed E-state index contributed by atoms with van der Waals surface area (Å²) in [6, 6.07) is 59.5. The van der Waals surface area contributed by atoms with Crippen LogP contribution in [0.15, 0.2) is 170 Å². The first kappa shape index (κ1) is 29.9. The molecule has 11 rings (SSSR count). The maximum Gasteiger partial charge on any atom is 0.164 e. The van der Waals surface area contributed by atoms with Crippen molar-refractivity contribution >= 4 is 63.8 Å². The molecule has 0 aliphatic heterocycles. The largest absolute Gasteiger partial charge is 0.248 e. The van der Waals surface area contributed by atoms with E-state index in [1.54, 1.807) is 0 Å². The summed E-state index contributed by atoms with van der Waals surface area (Å²) < 4.78 is 2.59. The van der Waals surface area contributed by atoms with Gasteiger partial charge >= 0.3 is 0 Å². The zero-order valence-electron chi connectivity index (χ0n) is 28.4. The van der Waals surface area contributed by atoms with Crippen LogP contribution in [0, 0.1) is 0 Å². The van der Waals surface area contributed by atoms with Crippen LogP contribution in [-0.4, -0.2) is 19.9 Å². The van der Waals surface area contributed by atoms with Gasteiger partial charge in [0.05, 0.1) is 11.4 Å². The molecule has 5 heteroatoms. The van der Waals surface area contributed by atoms with Crippen LogP contribution in [0.4, 0.5) is 0 Å². The van der Waals surface area contributed by atoms with Crippen LogP contribution < -0.4 is 0 Å². The van der Waals surface area contributed by atoms with Gasteiger partial charge in [0, 0.05) is 48.0 Å². The second-order valence-corrected chi connectivity index (χ2v) is 14.5. The maximum absolute atomic E-state index is 5.25. The van der Waals surface area contributed by atoms with Crippen molar-refractivity contribution in [2.24, 2.45) is 0 Å². The topological polar surface area (TPSA) is 51.6 Å². The highest BCUT2D eigenvalue weighted by atomic mass is 32.1. The Bertz CT molecular complexity index is 3170. The van der Waals surface area contributed by atoms with Crippen molar-refractivity contribution in [3.8, 4) is 56.7 Å². The van der Waals surface area contributed by atoms with Crippen molar-refractivity contribution in [3.63, 3.8) is 0 Å². The minimum atomic E-state index is 0.630. The molecule has 0 amide bonds. The van der Waals surface area contributed by atoms with E-state index in [0.717, 1.165) is 44.6 Å². The van der Waals surface area contributed by atoms with E-state index in [1.807, 2.05) is 41.7 Å². The van der Waals surface area contributed by atoms with E-state index in [-0.39, 0.29) is 0 Å². The number of hydrogen-bond acceptors (Lipinski definition) is 5. The highest BCUT2D eigenvalue weighted by Crippen LogP contribution is 2.48. The highest BCUT2D eigenvalue weighted by molar-refractivity contribution is 7.26. The molecule has 0 radical (unpaired) electrons. The number of hydrogen-bond donors (Lipinski definition) is 0. The lowest BCUT2D eigenvalue weighted by Gasteiger charge is -2.11. The number of rotatable bonds is 5. The van der Waals surface area contributed by atoms with Gasteiger partial charge in [0.1, 0.15) is 0 Å². The minimum Gasteiger partial charge on any atom is -0.248 e. The van der Waals surface area contributed by atoms with Gasteiger partial charge in [0.25, 0.3) is 0 Å². The zero-order valence-corrected chi connectivity index (χ0v) is 29.2. The molecule has 8 aromatic carbocycles. The molecule has 0 N–H and O–H groups in total. The lowest BCUT2D eigenvalue weighted by atomic mass is 9.93. The molecule has 0 bridgehead atoms. The molecule has 3 heterocycles. The average Bonchev–Trinajstić information content (AvgIpc) is 3.64. The van der Waals surface area contributed by atoms with E-state index >= 15 is 0 Å². The van der Waals surface area contributed by atoms with E-state index in [2.05, 4.69) is 140 Å². The molecule has 0 aliphatic carbocycles. The fraction of sp³-hybridized carbons (Fsp3) is 0. The number of fused-ring (bicyclic) bond motifs is 4. The van der Waals surface area contributed by atoms with Crippen LogP contribution in [-0.2, 0) is 0 Å². The summed E-state index contributed by atoms with van der Waals surface area (Å²) in [7, 11) is 0. The van der Waals surface area contributed by atoms with Crippen molar-refractivity contribution in [2.45, 2.75) is 0 Å². The van der Waals surface area contributed by atoms with Crippen molar-refractivity contribution in [2.75, 3.05) is 0 Å². The number of pyridine rings is 1. The monoisotopic (exact) mass is 692 g/mol. The summed E-state index contributed by atoms with van der Waals surface area (Å²) in [6.07, 6.45) is 0. The quantitative estimate of drug-likeness (QED) is 0.169. The Hall–Kier alpha value is -6.82. The summed E-state index contributed by atoms with van der Waals surface area (Å²) in [4.78, 5) is 20.2. The van der Waals surface area contributed by atoms with Crippen LogP contribution in [0.1, 0.15) is 0 Å². The molecule has 0 spiro atoms. The van der Waals surface area contributed by atoms with Gasteiger partial charge in [-0.2, -0.15) is 0 Å². The third kappa shape index (κ3) is 4.90. The van der Waals surface area contributed by atoms with Gasteiger partial charge in [-0.05, 0) is 56.6 Å². The van der Waals surface area contributed by atoms with Crippen LogP contribution in [0.3, 0.4) is 0 Å². The zero-order chi connectivity index (χ0) is 34.9. The second-order valence-electron chi connectivity index (χ2n) is 13.4. The Morgan fingerprint density at radius 3 is 1.72 bits per heavy atom. The first-order chi connectivity index (χ1) is 26.2. The Morgan fingerprint density at radius 1 is 0.340 bits per heavy atom. The van der Waals surface area contributed by atoms with Gasteiger partial charge in [0.15, 0.2) is 17.5 Å². The van der Waals surface area contributed by atoms with E-state index < -0.39 is 0 Å². The number of aromatic nitrogens is 4. The predicted octanol–water partition coefficient (Wildman–Crippen LogP) is 12.9. The van der Waals surface area contributed by atoms with Crippen LogP contribution in [0.2, 0.25) is 0 Å².